The minimum atomic E-state index is -0.468. The summed E-state index contributed by atoms with van der Waals surface area (Å²) in [6.07, 6.45) is 8.31. The van der Waals surface area contributed by atoms with Crippen LogP contribution in [-0.4, -0.2) is 53.1 Å². The van der Waals surface area contributed by atoms with Crippen molar-refractivity contribution in [2.45, 2.75) is 123 Å². The molecule has 204 valence electrons. The maximum Gasteiger partial charge on any atom is 0.234 e. The number of hydrogen-bond acceptors (Lipinski definition) is 5. The van der Waals surface area contributed by atoms with Crippen molar-refractivity contribution in [3.05, 3.63) is 0 Å². The van der Waals surface area contributed by atoms with E-state index in [2.05, 4.69) is 39.9 Å². The smallest absolute Gasteiger partial charge is 0.234 e. The highest BCUT2D eigenvalue weighted by Gasteiger charge is 2.84. The second kappa shape index (κ2) is 7.70. The quantitative estimate of drug-likeness (QED) is 0.470. The first-order valence-electron chi connectivity index (χ1n) is 14.8. The van der Waals surface area contributed by atoms with Gasteiger partial charge in [-0.25, -0.2) is 0 Å². The first-order chi connectivity index (χ1) is 16.8. The van der Waals surface area contributed by atoms with Crippen LogP contribution in [0.25, 0.3) is 0 Å². The summed E-state index contributed by atoms with van der Waals surface area (Å²) in [6, 6.07) is -0.382. The van der Waals surface area contributed by atoms with Crippen LogP contribution in [0.3, 0.4) is 0 Å². The first kappa shape index (κ1) is 25.6. The normalized spacial score (nSPS) is 57.4. The molecule has 0 radical (unpaired) electrons. The molecule has 8 unspecified atom stereocenters. The van der Waals surface area contributed by atoms with Crippen molar-refractivity contribution in [2.24, 2.45) is 56.5 Å². The van der Waals surface area contributed by atoms with Crippen LogP contribution in [0, 0.1) is 50.7 Å². The molecule has 1 aliphatic heterocycles. The van der Waals surface area contributed by atoms with E-state index >= 15 is 0 Å². The third-order valence-electron chi connectivity index (χ3n) is 13.9. The molecule has 2 spiro atoms. The lowest BCUT2D eigenvalue weighted by atomic mass is 9.41. The molecule has 36 heavy (non-hydrogen) atoms. The number of fused-ring (bicyclic) bond motifs is 4. The lowest BCUT2D eigenvalue weighted by Gasteiger charge is -2.63. The summed E-state index contributed by atoms with van der Waals surface area (Å²) in [4.78, 5) is 11.5. The van der Waals surface area contributed by atoms with Gasteiger partial charge in [-0.1, -0.05) is 34.6 Å². The molecule has 5 aliphatic carbocycles. The van der Waals surface area contributed by atoms with Gasteiger partial charge in [0.1, 0.15) is 0 Å². The fourth-order valence-electron chi connectivity index (χ4n) is 11.9. The van der Waals surface area contributed by atoms with Crippen molar-refractivity contribution in [1.82, 2.24) is 5.32 Å². The Labute approximate surface area is 217 Å². The van der Waals surface area contributed by atoms with Gasteiger partial charge in [-0.05, 0) is 104 Å². The SMILES string of the molecule is CC(NCC1C[C@@H](C)[C@H]2C(O1)[C@H](O)[C@@]1(C)C3CC[C@H]4C(C)(C)C(O)CCC45CC35CCC21C)C(N)=O. The Morgan fingerprint density at radius 2 is 1.72 bits per heavy atom. The predicted octanol–water partition coefficient (Wildman–Crippen LogP) is 3.62. The van der Waals surface area contributed by atoms with Crippen LogP contribution < -0.4 is 11.1 Å². The van der Waals surface area contributed by atoms with Crippen LogP contribution in [0.2, 0.25) is 0 Å². The molecule has 5 N–H and O–H groups in total. The molecule has 1 saturated heterocycles. The van der Waals surface area contributed by atoms with Crippen LogP contribution in [0.15, 0.2) is 0 Å². The molecular weight excluding hydrogens is 452 g/mol. The minimum Gasteiger partial charge on any atom is -0.393 e. The third-order valence-corrected chi connectivity index (χ3v) is 13.9. The molecule has 6 heteroatoms. The highest BCUT2D eigenvalue weighted by molar-refractivity contribution is 5.79. The van der Waals surface area contributed by atoms with E-state index in [0.29, 0.717) is 41.0 Å². The van der Waals surface area contributed by atoms with Gasteiger partial charge in [0.15, 0.2) is 0 Å². The van der Waals surface area contributed by atoms with E-state index in [0.717, 1.165) is 19.3 Å². The van der Waals surface area contributed by atoms with Crippen molar-refractivity contribution in [2.75, 3.05) is 6.54 Å². The maximum atomic E-state index is 12.2. The van der Waals surface area contributed by atoms with E-state index in [1.807, 2.05) is 0 Å². The van der Waals surface area contributed by atoms with Gasteiger partial charge in [0, 0.05) is 12.0 Å². The van der Waals surface area contributed by atoms with Gasteiger partial charge < -0.3 is 26.0 Å². The molecule has 0 bridgehead atoms. The second-order valence-electron chi connectivity index (χ2n) is 15.2. The molecule has 1 heterocycles. The number of nitrogens with two attached hydrogens (primary N) is 1. The number of aliphatic hydroxyl groups excluding tert-OH is 2. The van der Waals surface area contributed by atoms with E-state index in [-0.39, 0.29) is 46.5 Å². The number of primary amides is 1. The number of carbonyl (C=O) groups excluding carboxylic acids is 1. The molecule has 13 atom stereocenters. The molecular formula is C30H50N2O4. The van der Waals surface area contributed by atoms with Crippen molar-refractivity contribution in [3.8, 4) is 0 Å². The zero-order chi connectivity index (χ0) is 26.1. The highest BCUT2D eigenvalue weighted by Crippen LogP contribution is 2.89. The number of rotatable bonds is 4. The van der Waals surface area contributed by atoms with Gasteiger partial charge in [0.05, 0.1) is 30.5 Å². The molecule has 6 nitrogen and oxygen atoms in total. The fraction of sp³-hybridized carbons (Fsp3) is 0.967. The summed E-state index contributed by atoms with van der Waals surface area (Å²) >= 11 is 0. The minimum absolute atomic E-state index is 0.0114. The lowest BCUT2D eigenvalue weighted by molar-refractivity contribution is -0.182. The Bertz CT molecular complexity index is 940. The topological polar surface area (TPSA) is 105 Å². The van der Waals surface area contributed by atoms with Crippen molar-refractivity contribution < 1.29 is 19.7 Å². The zero-order valence-electron chi connectivity index (χ0n) is 23.3. The van der Waals surface area contributed by atoms with Crippen molar-refractivity contribution >= 4 is 5.91 Å². The molecule has 6 aliphatic rings. The standard InChI is InChI=1S/C30H50N2O4/c1-16-13-18(14-32-17(2)25(31)35)36-23-22(16)27(5)11-12-30-15-29(30)10-9-21(33)26(3,4)19(29)7-8-20(30)28(27,6)24(23)34/h16-24,32-34H,7-15H2,1-6H3,(H2,31,35)/t16-,17?,18?,19+,20?,21?,22+,23?,24+,27?,28-,29?,30?/m1/s1. The van der Waals surface area contributed by atoms with E-state index in [1.54, 1.807) is 6.92 Å². The van der Waals surface area contributed by atoms with Crippen molar-refractivity contribution in [3.63, 3.8) is 0 Å². The Morgan fingerprint density at radius 3 is 2.42 bits per heavy atom. The van der Waals surface area contributed by atoms with Crippen LogP contribution in [0.4, 0.5) is 0 Å². The average molecular weight is 503 g/mol. The largest absolute Gasteiger partial charge is 0.393 e. The molecule has 0 aromatic rings. The Kier molecular flexibility index (Phi) is 5.47. The Balaban J connectivity index is 1.30. The predicted molar refractivity (Wildman–Crippen MR) is 139 cm³/mol. The summed E-state index contributed by atoms with van der Waals surface area (Å²) in [5, 5.41) is 26.3. The first-order valence-corrected chi connectivity index (χ1v) is 14.8. The summed E-state index contributed by atoms with van der Waals surface area (Å²) in [5.74, 6) is 1.59. The summed E-state index contributed by atoms with van der Waals surface area (Å²) in [5.41, 5.74) is 6.03. The highest BCUT2D eigenvalue weighted by atomic mass is 16.5. The number of hydrogen-bond donors (Lipinski definition) is 4. The third kappa shape index (κ3) is 2.86. The van der Waals surface area contributed by atoms with E-state index < -0.39 is 6.10 Å². The van der Waals surface area contributed by atoms with Gasteiger partial charge in [-0.15, -0.1) is 0 Å². The molecule has 6 fully saturated rings. The van der Waals surface area contributed by atoms with Gasteiger partial charge >= 0.3 is 0 Å². The summed E-state index contributed by atoms with van der Waals surface area (Å²) < 4.78 is 6.73. The van der Waals surface area contributed by atoms with Gasteiger partial charge in [-0.2, -0.15) is 0 Å². The monoisotopic (exact) mass is 502 g/mol. The second-order valence-corrected chi connectivity index (χ2v) is 15.2. The zero-order valence-corrected chi connectivity index (χ0v) is 23.3. The van der Waals surface area contributed by atoms with E-state index in [9.17, 15) is 15.0 Å². The summed E-state index contributed by atoms with van der Waals surface area (Å²) in [6.45, 7) is 14.3. The molecule has 5 saturated carbocycles. The molecule has 1 amide bonds. The fourth-order valence-corrected chi connectivity index (χ4v) is 11.9. The van der Waals surface area contributed by atoms with Crippen LogP contribution >= 0.6 is 0 Å². The number of ether oxygens (including phenoxy) is 1. The molecule has 6 rings (SSSR count). The maximum absolute atomic E-state index is 12.2. The Hall–Kier alpha value is -0.690. The Morgan fingerprint density at radius 1 is 1.06 bits per heavy atom. The summed E-state index contributed by atoms with van der Waals surface area (Å²) in [7, 11) is 0. The average Bonchev–Trinajstić information content (AvgIpc) is 3.45. The number of aliphatic hydroxyl groups is 2. The van der Waals surface area contributed by atoms with Gasteiger partial charge in [0.2, 0.25) is 5.91 Å². The van der Waals surface area contributed by atoms with Crippen LogP contribution in [0.1, 0.15) is 92.9 Å². The molecule has 0 aromatic carbocycles. The number of amides is 1. The number of carbonyl (C=O) groups is 1. The van der Waals surface area contributed by atoms with Crippen molar-refractivity contribution in [1.29, 1.82) is 0 Å². The van der Waals surface area contributed by atoms with Crippen LogP contribution in [-0.2, 0) is 9.53 Å². The van der Waals surface area contributed by atoms with Crippen LogP contribution in [0.5, 0.6) is 0 Å². The molecule has 0 aromatic heterocycles. The van der Waals surface area contributed by atoms with Gasteiger partial charge in [0.25, 0.3) is 0 Å². The van der Waals surface area contributed by atoms with E-state index in [4.69, 9.17) is 10.5 Å². The number of nitrogens with one attached hydrogen (secondary N) is 1. The van der Waals surface area contributed by atoms with E-state index in [1.165, 1.54) is 32.1 Å². The van der Waals surface area contributed by atoms with Gasteiger partial charge in [-0.3, -0.25) is 4.79 Å². The lowest BCUT2D eigenvalue weighted by Crippen LogP contribution is -2.59.